The molecule has 0 radical (unpaired) electrons. The SMILES string of the molecule is CCCn1cc(S(=O)(=O)N2CCCCC2)cc1CNC. The Hall–Kier alpha value is -0.850. The highest BCUT2D eigenvalue weighted by molar-refractivity contribution is 7.89. The van der Waals surface area contributed by atoms with Gasteiger partial charge in [0.15, 0.2) is 0 Å². The molecular formula is C14H25N3O2S. The van der Waals surface area contributed by atoms with E-state index >= 15 is 0 Å². The molecule has 0 amide bonds. The molecule has 0 bridgehead atoms. The van der Waals surface area contributed by atoms with Crippen LogP contribution in [0.25, 0.3) is 0 Å². The van der Waals surface area contributed by atoms with Crippen molar-refractivity contribution < 1.29 is 8.42 Å². The van der Waals surface area contributed by atoms with Gasteiger partial charge in [-0.3, -0.25) is 0 Å². The van der Waals surface area contributed by atoms with Crippen molar-refractivity contribution in [2.45, 2.75) is 50.6 Å². The summed E-state index contributed by atoms with van der Waals surface area (Å²) in [5.74, 6) is 0. The van der Waals surface area contributed by atoms with Crippen LogP contribution in [0.5, 0.6) is 0 Å². The molecule has 2 rings (SSSR count). The maximum atomic E-state index is 12.7. The van der Waals surface area contributed by atoms with Crippen molar-refractivity contribution >= 4 is 10.0 Å². The first-order valence-electron chi connectivity index (χ1n) is 7.43. The highest BCUT2D eigenvalue weighted by Crippen LogP contribution is 2.22. The summed E-state index contributed by atoms with van der Waals surface area (Å²) in [4.78, 5) is 0.443. The van der Waals surface area contributed by atoms with E-state index in [0.29, 0.717) is 24.5 Å². The first kappa shape index (κ1) is 15.5. The maximum absolute atomic E-state index is 12.7. The van der Waals surface area contributed by atoms with Crippen molar-refractivity contribution in [2.24, 2.45) is 0 Å². The summed E-state index contributed by atoms with van der Waals surface area (Å²) in [7, 11) is -1.44. The highest BCUT2D eigenvalue weighted by atomic mass is 32.2. The zero-order valence-corrected chi connectivity index (χ0v) is 13.2. The summed E-state index contributed by atoms with van der Waals surface area (Å²) < 4.78 is 29.0. The molecule has 6 heteroatoms. The predicted molar refractivity (Wildman–Crippen MR) is 80.1 cm³/mol. The third-order valence-corrected chi connectivity index (χ3v) is 5.60. The van der Waals surface area contributed by atoms with E-state index in [0.717, 1.165) is 37.9 Å². The van der Waals surface area contributed by atoms with Gasteiger partial charge in [0, 0.05) is 38.1 Å². The van der Waals surface area contributed by atoms with Gasteiger partial charge in [0.05, 0.1) is 0 Å². The lowest BCUT2D eigenvalue weighted by Gasteiger charge is -2.25. The predicted octanol–water partition coefficient (Wildman–Crippen LogP) is 1.79. The minimum absolute atomic E-state index is 0.443. The second-order valence-corrected chi connectivity index (χ2v) is 7.29. The van der Waals surface area contributed by atoms with Gasteiger partial charge < -0.3 is 9.88 Å². The minimum atomic E-state index is -3.32. The third kappa shape index (κ3) is 3.24. The molecule has 1 aromatic rings. The van der Waals surface area contributed by atoms with Crippen LogP contribution >= 0.6 is 0 Å². The van der Waals surface area contributed by atoms with Crippen LogP contribution in [0.3, 0.4) is 0 Å². The van der Waals surface area contributed by atoms with E-state index in [4.69, 9.17) is 0 Å². The second kappa shape index (κ2) is 6.74. The summed E-state index contributed by atoms with van der Waals surface area (Å²) in [6.45, 7) is 4.95. The van der Waals surface area contributed by atoms with Gasteiger partial charge in [-0.1, -0.05) is 13.3 Å². The molecule has 0 atom stereocenters. The molecule has 0 aromatic carbocycles. The molecule has 1 N–H and O–H groups in total. The number of hydrogen-bond donors (Lipinski definition) is 1. The third-order valence-electron chi connectivity index (χ3n) is 3.74. The van der Waals surface area contributed by atoms with Crippen LogP contribution in [0.4, 0.5) is 0 Å². The van der Waals surface area contributed by atoms with E-state index in [9.17, 15) is 8.42 Å². The number of aryl methyl sites for hydroxylation is 1. The smallest absolute Gasteiger partial charge is 0.244 e. The highest BCUT2D eigenvalue weighted by Gasteiger charge is 2.27. The van der Waals surface area contributed by atoms with Crippen LogP contribution in [0.15, 0.2) is 17.2 Å². The molecule has 114 valence electrons. The molecule has 1 aliphatic rings. The van der Waals surface area contributed by atoms with Crippen molar-refractivity contribution in [3.8, 4) is 0 Å². The van der Waals surface area contributed by atoms with Crippen LogP contribution in [0, 0.1) is 0 Å². The standard InChI is InChI=1S/C14H25N3O2S/c1-3-7-16-12-14(10-13(16)11-15-2)20(18,19)17-8-5-4-6-9-17/h10,12,15H,3-9,11H2,1-2H3. The first-order valence-corrected chi connectivity index (χ1v) is 8.87. The zero-order valence-electron chi connectivity index (χ0n) is 12.4. The number of hydrogen-bond acceptors (Lipinski definition) is 3. The molecule has 0 spiro atoms. The van der Waals surface area contributed by atoms with E-state index in [2.05, 4.69) is 12.2 Å². The normalized spacial score (nSPS) is 17.5. The molecule has 0 saturated carbocycles. The Bertz CT molecular complexity index is 507. The van der Waals surface area contributed by atoms with Crippen molar-refractivity contribution in [2.75, 3.05) is 20.1 Å². The van der Waals surface area contributed by atoms with Crippen LogP contribution in [0.1, 0.15) is 38.3 Å². The monoisotopic (exact) mass is 299 g/mol. The van der Waals surface area contributed by atoms with Crippen LogP contribution in [0.2, 0.25) is 0 Å². The number of nitrogens with zero attached hydrogens (tertiary/aromatic N) is 2. The van der Waals surface area contributed by atoms with E-state index in [1.807, 2.05) is 17.7 Å². The van der Waals surface area contributed by atoms with E-state index in [1.165, 1.54) is 0 Å². The van der Waals surface area contributed by atoms with Gasteiger partial charge in [-0.15, -0.1) is 0 Å². The molecule has 1 saturated heterocycles. The van der Waals surface area contributed by atoms with Crippen LogP contribution in [-0.4, -0.2) is 37.4 Å². The second-order valence-electron chi connectivity index (χ2n) is 5.36. The Morgan fingerprint density at radius 1 is 1.25 bits per heavy atom. The fourth-order valence-corrected chi connectivity index (χ4v) is 4.28. The van der Waals surface area contributed by atoms with Crippen LogP contribution < -0.4 is 5.32 Å². The molecule has 2 heterocycles. The van der Waals surface area contributed by atoms with Gasteiger partial charge in [-0.05, 0) is 32.4 Å². The maximum Gasteiger partial charge on any atom is 0.244 e. The van der Waals surface area contributed by atoms with Gasteiger partial charge >= 0.3 is 0 Å². The fraction of sp³-hybridized carbons (Fsp3) is 0.714. The lowest BCUT2D eigenvalue weighted by atomic mass is 10.2. The topological polar surface area (TPSA) is 54.3 Å². The van der Waals surface area contributed by atoms with Gasteiger partial charge in [-0.2, -0.15) is 4.31 Å². The molecule has 1 fully saturated rings. The van der Waals surface area contributed by atoms with Gasteiger partial charge in [0.25, 0.3) is 0 Å². The van der Waals surface area contributed by atoms with E-state index < -0.39 is 10.0 Å². The first-order chi connectivity index (χ1) is 9.59. The summed E-state index contributed by atoms with van der Waals surface area (Å²) in [6, 6.07) is 1.82. The van der Waals surface area contributed by atoms with Gasteiger partial charge in [0.1, 0.15) is 4.90 Å². The molecule has 0 unspecified atom stereocenters. The lowest BCUT2D eigenvalue weighted by Crippen LogP contribution is -2.35. The van der Waals surface area contributed by atoms with Gasteiger partial charge in [-0.25, -0.2) is 8.42 Å². The van der Waals surface area contributed by atoms with Crippen molar-refractivity contribution in [3.63, 3.8) is 0 Å². The Labute approximate surface area is 122 Å². The Morgan fingerprint density at radius 2 is 1.95 bits per heavy atom. The average Bonchev–Trinajstić information content (AvgIpc) is 2.85. The summed E-state index contributed by atoms with van der Waals surface area (Å²) in [5, 5.41) is 3.10. The number of piperidine rings is 1. The van der Waals surface area contributed by atoms with Crippen molar-refractivity contribution in [1.82, 2.24) is 14.2 Å². The van der Waals surface area contributed by atoms with E-state index in [-0.39, 0.29) is 0 Å². The summed E-state index contributed by atoms with van der Waals surface area (Å²) >= 11 is 0. The summed E-state index contributed by atoms with van der Waals surface area (Å²) in [6.07, 6.45) is 5.86. The summed E-state index contributed by atoms with van der Waals surface area (Å²) in [5.41, 5.74) is 1.03. The zero-order chi connectivity index (χ0) is 14.6. The van der Waals surface area contributed by atoms with E-state index in [1.54, 1.807) is 10.5 Å². The van der Waals surface area contributed by atoms with Gasteiger partial charge in [0.2, 0.25) is 10.0 Å². The van der Waals surface area contributed by atoms with Crippen molar-refractivity contribution in [1.29, 1.82) is 0 Å². The fourth-order valence-electron chi connectivity index (χ4n) is 2.70. The largest absolute Gasteiger partial charge is 0.349 e. The number of nitrogens with one attached hydrogen (secondary N) is 1. The number of sulfonamides is 1. The molecule has 1 aromatic heterocycles. The lowest BCUT2D eigenvalue weighted by molar-refractivity contribution is 0.346. The molecule has 1 aliphatic heterocycles. The Kier molecular flexibility index (Phi) is 5.23. The molecule has 5 nitrogen and oxygen atoms in total. The average molecular weight is 299 g/mol. The number of rotatable bonds is 6. The quantitative estimate of drug-likeness (QED) is 0.871. The minimum Gasteiger partial charge on any atom is -0.349 e. The van der Waals surface area contributed by atoms with Crippen molar-refractivity contribution in [3.05, 3.63) is 18.0 Å². The molecular weight excluding hydrogens is 274 g/mol. The van der Waals surface area contributed by atoms with Crippen LogP contribution in [-0.2, 0) is 23.1 Å². The Balaban J connectivity index is 2.28. The Morgan fingerprint density at radius 3 is 2.55 bits per heavy atom. The molecule has 20 heavy (non-hydrogen) atoms. The number of aromatic nitrogens is 1. The molecule has 0 aliphatic carbocycles.